The predicted molar refractivity (Wildman–Crippen MR) is 123 cm³/mol. The van der Waals surface area contributed by atoms with Crippen molar-refractivity contribution >= 4 is 23.4 Å². The molecule has 2 bridgehead atoms. The van der Waals surface area contributed by atoms with Crippen LogP contribution >= 0.6 is 0 Å². The normalized spacial score (nSPS) is 34.4. The van der Waals surface area contributed by atoms with Gasteiger partial charge in [0.2, 0.25) is 17.7 Å². The summed E-state index contributed by atoms with van der Waals surface area (Å²) in [6.07, 6.45) is 3.42. The van der Waals surface area contributed by atoms with E-state index in [9.17, 15) is 19.5 Å². The number of amides is 3. The Morgan fingerprint density at radius 1 is 1.21 bits per heavy atom. The van der Waals surface area contributed by atoms with E-state index < -0.39 is 29.1 Å². The Bertz CT molecular complexity index is 909. The van der Waals surface area contributed by atoms with Gasteiger partial charge < -0.3 is 25.4 Å². The van der Waals surface area contributed by atoms with Gasteiger partial charge in [0.05, 0.1) is 24.0 Å². The first-order valence-electron chi connectivity index (χ1n) is 12.0. The summed E-state index contributed by atoms with van der Waals surface area (Å²) in [7, 11) is 0. The quantitative estimate of drug-likeness (QED) is 0.491. The highest BCUT2D eigenvalue weighted by Crippen LogP contribution is 2.65. The largest absolute Gasteiger partial charge is 0.395 e. The second-order valence-corrected chi connectivity index (χ2v) is 9.81. The molecule has 3 fully saturated rings. The van der Waals surface area contributed by atoms with Gasteiger partial charge in [-0.05, 0) is 37.8 Å². The van der Waals surface area contributed by atoms with Gasteiger partial charge in [0.25, 0.3) is 0 Å². The molecule has 3 heterocycles. The van der Waals surface area contributed by atoms with E-state index in [4.69, 9.17) is 4.74 Å². The monoisotopic (exact) mass is 457 g/mol. The standard InChI is InChI=1S/C25H35N3O5/c1-4-5-9-12-26-22(31)20-25-15-16(2)24(3,33-25)18(19(25)23(32)28(20)13-14-29)21(30)27-17-10-7-6-8-11-17/h6-8,10-11,16,18-20,29H,4-5,9,12-15H2,1-3H3,(H,26,31)(H,27,30)/t16?,18-,19-,20?,24+,25?/m0/s1. The molecule has 0 saturated carbocycles. The van der Waals surface area contributed by atoms with E-state index in [0.29, 0.717) is 18.7 Å². The Labute approximate surface area is 195 Å². The lowest BCUT2D eigenvalue weighted by Crippen LogP contribution is -2.56. The summed E-state index contributed by atoms with van der Waals surface area (Å²) in [5.74, 6) is -2.34. The van der Waals surface area contributed by atoms with E-state index >= 15 is 0 Å². The Morgan fingerprint density at radius 3 is 2.61 bits per heavy atom. The Morgan fingerprint density at radius 2 is 1.94 bits per heavy atom. The van der Waals surface area contributed by atoms with Gasteiger partial charge in [-0.25, -0.2) is 0 Å². The van der Waals surface area contributed by atoms with E-state index in [-0.39, 0.29) is 36.8 Å². The van der Waals surface area contributed by atoms with Gasteiger partial charge in [-0.1, -0.05) is 44.9 Å². The first-order valence-corrected chi connectivity index (χ1v) is 12.0. The van der Waals surface area contributed by atoms with Crippen molar-refractivity contribution in [3.8, 4) is 0 Å². The minimum Gasteiger partial charge on any atom is -0.395 e. The van der Waals surface area contributed by atoms with Crippen LogP contribution in [0.15, 0.2) is 30.3 Å². The number of likely N-dealkylation sites (tertiary alicyclic amines) is 1. The molecule has 1 aromatic carbocycles. The van der Waals surface area contributed by atoms with Gasteiger partial charge in [-0.2, -0.15) is 0 Å². The summed E-state index contributed by atoms with van der Waals surface area (Å²) in [6, 6.07) is 8.28. The third kappa shape index (κ3) is 3.73. The lowest BCUT2D eigenvalue weighted by Gasteiger charge is -2.36. The summed E-state index contributed by atoms with van der Waals surface area (Å²) in [6.45, 7) is 6.30. The molecule has 3 aliphatic heterocycles. The van der Waals surface area contributed by atoms with Crippen molar-refractivity contribution in [2.45, 2.75) is 63.7 Å². The van der Waals surface area contributed by atoms with Gasteiger partial charge >= 0.3 is 0 Å². The van der Waals surface area contributed by atoms with Gasteiger partial charge in [0, 0.05) is 18.8 Å². The molecule has 8 heteroatoms. The fourth-order valence-electron chi connectivity index (χ4n) is 6.21. The molecule has 0 radical (unpaired) electrons. The van der Waals surface area contributed by atoms with Crippen molar-refractivity contribution < 1.29 is 24.2 Å². The van der Waals surface area contributed by atoms with Crippen LogP contribution in [-0.4, -0.2) is 64.7 Å². The maximum Gasteiger partial charge on any atom is 0.245 e. The van der Waals surface area contributed by atoms with Crippen LogP contribution in [0, 0.1) is 17.8 Å². The Balaban J connectivity index is 1.66. The summed E-state index contributed by atoms with van der Waals surface area (Å²) in [5, 5.41) is 15.6. The number of β-amino-alcohol motifs (C(OH)–C–C–N with tert-alkyl or cyclic N) is 1. The van der Waals surface area contributed by atoms with E-state index in [2.05, 4.69) is 17.6 Å². The number of ether oxygens (including phenoxy) is 1. The predicted octanol–water partition coefficient (Wildman–Crippen LogP) is 1.93. The summed E-state index contributed by atoms with van der Waals surface area (Å²) in [5.41, 5.74) is -1.28. The molecule has 3 N–H and O–H groups in total. The second kappa shape index (κ2) is 9.06. The smallest absolute Gasteiger partial charge is 0.245 e. The lowest BCUT2D eigenvalue weighted by molar-refractivity contribution is -0.146. The molecule has 0 aromatic heterocycles. The first-order chi connectivity index (χ1) is 15.8. The van der Waals surface area contributed by atoms with Crippen LogP contribution in [0.1, 0.15) is 46.5 Å². The van der Waals surface area contributed by atoms with Gasteiger partial charge in [0.1, 0.15) is 11.6 Å². The molecular weight excluding hydrogens is 422 g/mol. The van der Waals surface area contributed by atoms with Crippen molar-refractivity contribution in [1.82, 2.24) is 10.2 Å². The number of nitrogens with zero attached hydrogens (tertiary/aromatic N) is 1. The van der Waals surface area contributed by atoms with Crippen molar-refractivity contribution in [2.24, 2.45) is 17.8 Å². The number of unbranched alkanes of at least 4 members (excludes halogenated alkanes) is 2. The van der Waals surface area contributed by atoms with Crippen LogP contribution in [0.5, 0.6) is 0 Å². The molecule has 3 saturated heterocycles. The molecule has 33 heavy (non-hydrogen) atoms. The number of aliphatic hydroxyl groups excluding tert-OH is 1. The minimum atomic E-state index is -1.08. The van der Waals surface area contributed by atoms with Gasteiger partial charge in [0.15, 0.2) is 0 Å². The number of hydrogen-bond donors (Lipinski definition) is 3. The third-order valence-corrected chi connectivity index (χ3v) is 7.81. The van der Waals surface area contributed by atoms with Crippen LogP contribution in [-0.2, 0) is 19.1 Å². The number of hydrogen-bond acceptors (Lipinski definition) is 5. The lowest BCUT2D eigenvalue weighted by atomic mass is 9.62. The number of fused-ring (bicyclic) bond motifs is 1. The summed E-state index contributed by atoms with van der Waals surface area (Å²) < 4.78 is 6.60. The molecular formula is C25H35N3O5. The molecule has 180 valence electrons. The Hall–Kier alpha value is -2.45. The summed E-state index contributed by atoms with van der Waals surface area (Å²) >= 11 is 0. The van der Waals surface area contributed by atoms with Gasteiger partial charge in [-0.15, -0.1) is 0 Å². The van der Waals surface area contributed by atoms with Crippen LogP contribution in [0.4, 0.5) is 5.69 Å². The summed E-state index contributed by atoms with van der Waals surface area (Å²) in [4.78, 5) is 42.0. The molecule has 8 nitrogen and oxygen atoms in total. The maximum atomic E-state index is 13.6. The van der Waals surface area contributed by atoms with Crippen molar-refractivity contribution in [3.05, 3.63) is 30.3 Å². The second-order valence-electron chi connectivity index (χ2n) is 9.81. The number of carbonyl (C=O) groups is 3. The molecule has 3 amide bonds. The molecule has 1 aromatic rings. The van der Waals surface area contributed by atoms with Crippen molar-refractivity contribution in [2.75, 3.05) is 25.0 Å². The molecule has 3 unspecified atom stereocenters. The highest BCUT2D eigenvalue weighted by atomic mass is 16.5. The minimum absolute atomic E-state index is 0.0162. The zero-order valence-electron chi connectivity index (χ0n) is 19.7. The van der Waals surface area contributed by atoms with Crippen molar-refractivity contribution in [3.63, 3.8) is 0 Å². The first kappa shape index (κ1) is 23.7. The van der Waals surface area contributed by atoms with Gasteiger partial charge in [-0.3, -0.25) is 14.4 Å². The average molecular weight is 458 g/mol. The molecule has 1 spiro atoms. The maximum absolute atomic E-state index is 13.6. The van der Waals surface area contributed by atoms with Crippen molar-refractivity contribution in [1.29, 1.82) is 0 Å². The van der Waals surface area contributed by atoms with Crippen LogP contribution in [0.2, 0.25) is 0 Å². The molecule has 3 aliphatic rings. The van der Waals surface area contributed by atoms with E-state index in [0.717, 1.165) is 19.3 Å². The number of nitrogens with one attached hydrogen (secondary N) is 2. The zero-order chi connectivity index (χ0) is 23.8. The Kier molecular flexibility index (Phi) is 6.51. The number of anilines is 1. The number of carbonyl (C=O) groups excluding carboxylic acids is 3. The topological polar surface area (TPSA) is 108 Å². The zero-order valence-corrected chi connectivity index (χ0v) is 19.7. The third-order valence-electron chi connectivity index (χ3n) is 7.81. The van der Waals surface area contributed by atoms with E-state index in [1.54, 1.807) is 12.1 Å². The highest BCUT2D eigenvalue weighted by molar-refractivity contribution is 6.02. The van der Waals surface area contributed by atoms with Crippen LogP contribution < -0.4 is 10.6 Å². The fraction of sp³-hybridized carbons (Fsp3) is 0.640. The number of para-hydroxylation sites is 1. The number of aliphatic hydroxyl groups is 1. The number of rotatable bonds is 9. The molecule has 0 aliphatic carbocycles. The van der Waals surface area contributed by atoms with Crippen LogP contribution in [0.25, 0.3) is 0 Å². The fourth-order valence-corrected chi connectivity index (χ4v) is 6.21. The molecule has 6 atom stereocenters. The SMILES string of the molecule is CCCCCNC(=O)C1N(CCO)C(=O)[C@@H]2[C@@H](C(=O)Nc3ccccc3)[C@]3(C)OC12CC3C. The highest BCUT2D eigenvalue weighted by Gasteiger charge is 2.79. The molecule has 4 rings (SSSR count). The average Bonchev–Trinajstić information content (AvgIpc) is 3.29. The van der Waals surface area contributed by atoms with Crippen LogP contribution in [0.3, 0.4) is 0 Å². The van der Waals surface area contributed by atoms with E-state index in [1.807, 2.05) is 32.0 Å². The van der Waals surface area contributed by atoms with E-state index in [1.165, 1.54) is 4.90 Å². The number of benzene rings is 1.